The quantitative estimate of drug-likeness (QED) is 0.660. The lowest BCUT2D eigenvalue weighted by Gasteiger charge is -2.05. The molecule has 0 aliphatic heterocycles. The third kappa shape index (κ3) is 2.07. The zero-order valence-electron chi connectivity index (χ0n) is 8.04. The molecule has 0 aliphatic rings. The summed E-state index contributed by atoms with van der Waals surface area (Å²) in [6.07, 6.45) is 0.802. The van der Waals surface area contributed by atoms with E-state index in [4.69, 9.17) is 28.9 Å². The van der Waals surface area contributed by atoms with Crippen molar-refractivity contribution in [2.24, 2.45) is 0 Å². The molecule has 0 fully saturated rings. The monoisotopic (exact) mass is 271 g/mol. The molecule has 16 heavy (non-hydrogen) atoms. The second-order valence-corrected chi connectivity index (χ2v) is 4.95. The van der Waals surface area contributed by atoms with Crippen molar-refractivity contribution in [3.8, 4) is 11.1 Å². The van der Waals surface area contributed by atoms with E-state index < -0.39 is 0 Å². The molecule has 0 radical (unpaired) electrons. The van der Waals surface area contributed by atoms with E-state index in [0.717, 1.165) is 17.4 Å². The standard InChI is InChI=1S/C11H7Cl2NOS/c12-10-3-7(14)2-9(11(10)13)6-1-8(4-15)16-5-6/h1-5H,14H2. The first-order chi connectivity index (χ1) is 7.61. The Morgan fingerprint density at radius 3 is 2.62 bits per heavy atom. The van der Waals surface area contributed by atoms with E-state index in [1.807, 2.05) is 5.38 Å². The number of hydrogen-bond donors (Lipinski definition) is 1. The summed E-state index contributed by atoms with van der Waals surface area (Å²) < 4.78 is 0. The van der Waals surface area contributed by atoms with E-state index in [1.54, 1.807) is 18.2 Å². The van der Waals surface area contributed by atoms with Gasteiger partial charge in [0.15, 0.2) is 6.29 Å². The maximum atomic E-state index is 10.6. The van der Waals surface area contributed by atoms with Crippen LogP contribution in [0.1, 0.15) is 9.67 Å². The molecule has 2 nitrogen and oxygen atoms in total. The fraction of sp³-hybridized carbons (Fsp3) is 0. The number of nitrogens with two attached hydrogens (primary N) is 1. The highest BCUT2D eigenvalue weighted by Crippen LogP contribution is 2.37. The lowest BCUT2D eigenvalue weighted by Crippen LogP contribution is -1.87. The molecule has 0 spiro atoms. The number of rotatable bonds is 2. The lowest BCUT2D eigenvalue weighted by molar-refractivity contribution is 0.112. The van der Waals surface area contributed by atoms with Gasteiger partial charge in [0.1, 0.15) is 0 Å². The normalized spacial score (nSPS) is 10.4. The fourth-order valence-electron chi connectivity index (χ4n) is 1.38. The molecule has 1 heterocycles. The molecular weight excluding hydrogens is 265 g/mol. The Hall–Kier alpha value is -1.03. The molecule has 82 valence electrons. The maximum Gasteiger partial charge on any atom is 0.160 e. The molecule has 5 heteroatoms. The summed E-state index contributed by atoms with van der Waals surface area (Å²) in [6, 6.07) is 5.10. The molecule has 0 amide bonds. The van der Waals surface area contributed by atoms with E-state index in [9.17, 15) is 4.79 Å². The molecule has 0 atom stereocenters. The van der Waals surface area contributed by atoms with E-state index >= 15 is 0 Å². The van der Waals surface area contributed by atoms with Crippen molar-refractivity contribution in [2.45, 2.75) is 0 Å². The Morgan fingerprint density at radius 2 is 2.00 bits per heavy atom. The number of nitrogen functional groups attached to an aromatic ring is 1. The van der Waals surface area contributed by atoms with Crippen molar-refractivity contribution in [3.63, 3.8) is 0 Å². The van der Waals surface area contributed by atoms with Crippen LogP contribution in [0.4, 0.5) is 5.69 Å². The van der Waals surface area contributed by atoms with Gasteiger partial charge in [0.25, 0.3) is 0 Å². The van der Waals surface area contributed by atoms with Crippen LogP contribution in [-0.2, 0) is 0 Å². The lowest BCUT2D eigenvalue weighted by atomic mass is 10.1. The molecule has 1 aromatic carbocycles. The van der Waals surface area contributed by atoms with Gasteiger partial charge in [0, 0.05) is 11.3 Å². The molecule has 0 unspecified atom stereocenters. The minimum absolute atomic E-state index is 0.413. The van der Waals surface area contributed by atoms with E-state index in [2.05, 4.69) is 0 Å². The Balaban J connectivity index is 2.58. The first kappa shape index (κ1) is 11.5. The Bertz CT molecular complexity index is 551. The third-order valence-electron chi connectivity index (χ3n) is 2.10. The predicted octanol–water partition coefficient (Wildman–Crippen LogP) is 4.12. The highest BCUT2D eigenvalue weighted by atomic mass is 35.5. The number of benzene rings is 1. The van der Waals surface area contributed by atoms with Crippen molar-refractivity contribution in [1.29, 1.82) is 0 Å². The van der Waals surface area contributed by atoms with E-state index in [0.29, 0.717) is 20.6 Å². The number of hydrogen-bond acceptors (Lipinski definition) is 3. The van der Waals surface area contributed by atoms with Gasteiger partial charge < -0.3 is 5.73 Å². The smallest absolute Gasteiger partial charge is 0.160 e. The summed E-state index contributed by atoms with van der Waals surface area (Å²) in [4.78, 5) is 11.2. The minimum atomic E-state index is 0.413. The van der Waals surface area contributed by atoms with Crippen molar-refractivity contribution in [3.05, 3.63) is 38.5 Å². The van der Waals surface area contributed by atoms with Crippen LogP contribution in [0.25, 0.3) is 11.1 Å². The molecule has 0 saturated heterocycles. The highest BCUT2D eigenvalue weighted by Gasteiger charge is 2.10. The van der Waals surface area contributed by atoms with Gasteiger partial charge in [-0.15, -0.1) is 11.3 Å². The summed E-state index contributed by atoms with van der Waals surface area (Å²) in [5.41, 5.74) is 7.84. The van der Waals surface area contributed by atoms with Crippen LogP contribution in [0.2, 0.25) is 10.0 Å². The first-order valence-corrected chi connectivity index (χ1v) is 6.04. The van der Waals surface area contributed by atoms with Crippen LogP contribution in [0.3, 0.4) is 0 Å². The highest BCUT2D eigenvalue weighted by molar-refractivity contribution is 7.12. The minimum Gasteiger partial charge on any atom is -0.399 e. The van der Waals surface area contributed by atoms with Crippen LogP contribution in [-0.4, -0.2) is 6.29 Å². The SMILES string of the molecule is Nc1cc(Cl)c(Cl)c(-c2csc(C=O)c2)c1. The van der Waals surface area contributed by atoms with Gasteiger partial charge in [-0.1, -0.05) is 23.2 Å². The average Bonchev–Trinajstić information content (AvgIpc) is 2.71. The van der Waals surface area contributed by atoms with Crippen molar-refractivity contribution >= 4 is 46.5 Å². The number of halogens is 2. The van der Waals surface area contributed by atoms with Crippen LogP contribution in [0.5, 0.6) is 0 Å². The summed E-state index contributed by atoms with van der Waals surface area (Å²) in [6.45, 7) is 0. The van der Waals surface area contributed by atoms with Crippen molar-refractivity contribution in [2.75, 3.05) is 5.73 Å². The summed E-state index contributed by atoms with van der Waals surface area (Å²) >= 11 is 13.4. The molecule has 1 aromatic heterocycles. The van der Waals surface area contributed by atoms with Gasteiger partial charge in [-0.3, -0.25) is 4.79 Å². The Morgan fingerprint density at radius 1 is 1.25 bits per heavy atom. The van der Waals surface area contributed by atoms with Gasteiger partial charge in [-0.05, 0) is 29.1 Å². The molecule has 2 N–H and O–H groups in total. The first-order valence-electron chi connectivity index (χ1n) is 4.40. The van der Waals surface area contributed by atoms with Crippen molar-refractivity contribution < 1.29 is 4.79 Å². The van der Waals surface area contributed by atoms with Crippen molar-refractivity contribution in [1.82, 2.24) is 0 Å². The maximum absolute atomic E-state index is 10.6. The summed E-state index contributed by atoms with van der Waals surface area (Å²) in [5.74, 6) is 0. The third-order valence-corrected chi connectivity index (χ3v) is 3.76. The number of carbonyl (C=O) groups excluding carboxylic acids is 1. The van der Waals surface area contributed by atoms with Gasteiger partial charge in [-0.2, -0.15) is 0 Å². The van der Waals surface area contributed by atoms with Gasteiger partial charge >= 0.3 is 0 Å². The van der Waals surface area contributed by atoms with E-state index in [1.165, 1.54) is 11.3 Å². The fourth-order valence-corrected chi connectivity index (χ4v) is 2.53. The van der Waals surface area contributed by atoms with Crippen LogP contribution < -0.4 is 5.73 Å². The Kier molecular flexibility index (Phi) is 3.19. The molecule has 2 aromatic rings. The summed E-state index contributed by atoms with van der Waals surface area (Å²) in [5, 5.41) is 2.71. The molecule has 0 bridgehead atoms. The molecule has 0 saturated carbocycles. The predicted molar refractivity (Wildman–Crippen MR) is 69.6 cm³/mol. The van der Waals surface area contributed by atoms with E-state index in [-0.39, 0.29) is 0 Å². The zero-order valence-corrected chi connectivity index (χ0v) is 10.4. The average molecular weight is 272 g/mol. The topological polar surface area (TPSA) is 43.1 Å². The van der Waals surface area contributed by atoms with Crippen LogP contribution in [0.15, 0.2) is 23.6 Å². The second kappa shape index (κ2) is 4.45. The Labute approximate surface area is 107 Å². The van der Waals surface area contributed by atoms with Crippen LogP contribution >= 0.6 is 34.5 Å². The summed E-state index contributed by atoms with van der Waals surface area (Å²) in [7, 11) is 0. The number of anilines is 1. The van der Waals surface area contributed by atoms with Gasteiger partial charge in [0.05, 0.1) is 14.9 Å². The number of thiophene rings is 1. The molecule has 0 aliphatic carbocycles. The number of aldehydes is 1. The largest absolute Gasteiger partial charge is 0.399 e. The number of carbonyl (C=O) groups is 1. The molecule has 2 rings (SSSR count). The van der Waals surface area contributed by atoms with Gasteiger partial charge in [0.2, 0.25) is 0 Å². The zero-order chi connectivity index (χ0) is 11.7. The van der Waals surface area contributed by atoms with Crippen LogP contribution in [0, 0.1) is 0 Å². The van der Waals surface area contributed by atoms with Gasteiger partial charge in [-0.25, -0.2) is 0 Å². The second-order valence-electron chi connectivity index (χ2n) is 3.22. The molecular formula is C11H7Cl2NOS.